The summed E-state index contributed by atoms with van der Waals surface area (Å²) >= 11 is 0. The standard InChI is InChI=1S/C17H18N3O2/c1-18(2)17(21)22-14-9-10-16-19(3)15(12-20(16)11-14)13-7-5-4-6-8-13/h4-12H,1-3H3/q+1. The summed E-state index contributed by atoms with van der Waals surface area (Å²) < 4.78 is 9.36. The van der Waals surface area contributed by atoms with Crippen molar-refractivity contribution in [3.63, 3.8) is 0 Å². The minimum absolute atomic E-state index is 0.390. The average Bonchev–Trinajstić information content (AvgIpc) is 2.84. The first-order valence-electron chi connectivity index (χ1n) is 7.01. The van der Waals surface area contributed by atoms with Gasteiger partial charge >= 0.3 is 6.09 Å². The van der Waals surface area contributed by atoms with Gasteiger partial charge < -0.3 is 9.64 Å². The van der Waals surface area contributed by atoms with Gasteiger partial charge in [0.15, 0.2) is 11.4 Å². The van der Waals surface area contributed by atoms with Crippen molar-refractivity contribution in [2.75, 3.05) is 14.1 Å². The number of amides is 1. The number of pyridine rings is 1. The first-order valence-corrected chi connectivity index (χ1v) is 7.01. The molecule has 0 N–H and O–H groups in total. The van der Waals surface area contributed by atoms with Gasteiger partial charge in [-0.05, 0) is 6.07 Å². The molecule has 3 aromatic rings. The zero-order valence-electron chi connectivity index (χ0n) is 12.9. The molecule has 5 nitrogen and oxygen atoms in total. The van der Waals surface area contributed by atoms with Gasteiger partial charge in [0.1, 0.15) is 12.4 Å². The van der Waals surface area contributed by atoms with E-state index in [1.54, 1.807) is 20.2 Å². The Hall–Kier alpha value is -2.82. The molecule has 0 spiro atoms. The summed E-state index contributed by atoms with van der Waals surface area (Å²) in [6.45, 7) is 0. The monoisotopic (exact) mass is 296 g/mol. The van der Waals surface area contributed by atoms with E-state index in [-0.39, 0.29) is 6.09 Å². The summed E-state index contributed by atoms with van der Waals surface area (Å²) in [5, 5.41) is 0. The number of hydrogen-bond donors (Lipinski definition) is 0. The van der Waals surface area contributed by atoms with E-state index in [0.29, 0.717) is 5.75 Å². The van der Waals surface area contributed by atoms with Crippen molar-refractivity contribution in [3.05, 3.63) is 54.9 Å². The summed E-state index contributed by atoms with van der Waals surface area (Å²) in [4.78, 5) is 13.0. The zero-order valence-corrected chi connectivity index (χ0v) is 12.9. The van der Waals surface area contributed by atoms with Gasteiger partial charge in [-0.15, -0.1) is 0 Å². The number of imidazole rings is 1. The van der Waals surface area contributed by atoms with Crippen LogP contribution in [0, 0.1) is 0 Å². The van der Waals surface area contributed by atoms with E-state index < -0.39 is 0 Å². The summed E-state index contributed by atoms with van der Waals surface area (Å²) in [5.74, 6) is 0.515. The molecule has 0 aliphatic heterocycles. The van der Waals surface area contributed by atoms with Crippen LogP contribution in [0.4, 0.5) is 4.79 Å². The number of rotatable bonds is 2. The Bertz CT molecular complexity index is 823. The van der Waals surface area contributed by atoms with Crippen LogP contribution >= 0.6 is 0 Å². The molecule has 3 rings (SSSR count). The number of carbonyl (C=O) groups excluding carboxylic acids is 1. The second-order valence-electron chi connectivity index (χ2n) is 5.33. The predicted molar refractivity (Wildman–Crippen MR) is 83.7 cm³/mol. The Kier molecular flexibility index (Phi) is 3.55. The molecule has 22 heavy (non-hydrogen) atoms. The lowest BCUT2D eigenvalue weighted by Gasteiger charge is -2.09. The highest BCUT2D eigenvalue weighted by molar-refractivity contribution is 5.70. The van der Waals surface area contributed by atoms with Gasteiger partial charge in [-0.1, -0.05) is 30.3 Å². The number of benzene rings is 1. The first kappa shape index (κ1) is 14.1. The van der Waals surface area contributed by atoms with Crippen molar-refractivity contribution in [1.29, 1.82) is 0 Å². The van der Waals surface area contributed by atoms with Crippen LogP contribution in [0.25, 0.3) is 16.9 Å². The van der Waals surface area contributed by atoms with Crippen LogP contribution in [0.1, 0.15) is 0 Å². The van der Waals surface area contributed by atoms with E-state index >= 15 is 0 Å². The third-order valence-electron chi connectivity index (χ3n) is 3.53. The molecule has 0 aliphatic carbocycles. The van der Waals surface area contributed by atoms with Crippen molar-refractivity contribution in [2.24, 2.45) is 7.05 Å². The number of aryl methyl sites for hydroxylation is 1. The van der Waals surface area contributed by atoms with Crippen LogP contribution in [0.5, 0.6) is 5.75 Å². The highest BCUT2D eigenvalue weighted by Crippen LogP contribution is 2.20. The van der Waals surface area contributed by atoms with Gasteiger partial charge in [0.25, 0.3) is 5.65 Å². The van der Waals surface area contributed by atoms with Gasteiger partial charge in [-0.2, -0.15) is 4.40 Å². The Morgan fingerprint density at radius 3 is 2.50 bits per heavy atom. The lowest BCUT2D eigenvalue weighted by atomic mass is 10.2. The van der Waals surface area contributed by atoms with Gasteiger partial charge in [-0.25, -0.2) is 9.36 Å². The molecule has 0 unspecified atom stereocenters. The van der Waals surface area contributed by atoms with E-state index in [1.807, 2.05) is 48.1 Å². The highest BCUT2D eigenvalue weighted by atomic mass is 16.6. The SMILES string of the molecule is CN(C)C(=O)Oc1ccc2n(C)c(-c3ccccc3)c[n+]2c1. The van der Waals surface area contributed by atoms with Crippen LogP contribution in [-0.2, 0) is 7.05 Å². The molecule has 112 valence electrons. The number of fused-ring (bicyclic) bond motifs is 1. The third kappa shape index (κ3) is 2.53. The summed E-state index contributed by atoms with van der Waals surface area (Å²) in [7, 11) is 5.33. The van der Waals surface area contributed by atoms with E-state index in [1.165, 1.54) is 4.90 Å². The second kappa shape index (κ2) is 5.52. The molecule has 0 saturated carbocycles. The van der Waals surface area contributed by atoms with Gasteiger partial charge in [0.2, 0.25) is 0 Å². The third-order valence-corrected chi connectivity index (χ3v) is 3.53. The van der Waals surface area contributed by atoms with Crippen molar-refractivity contribution in [2.45, 2.75) is 0 Å². The minimum atomic E-state index is -0.390. The molecule has 0 radical (unpaired) electrons. The minimum Gasteiger partial charge on any atom is -0.406 e. The van der Waals surface area contributed by atoms with E-state index in [0.717, 1.165) is 16.9 Å². The fourth-order valence-electron chi connectivity index (χ4n) is 2.35. The maximum Gasteiger partial charge on any atom is 0.414 e. The molecule has 5 heteroatoms. The molecule has 0 aliphatic rings. The zero-order chi connectivity index (χ0) is 15.7. The first-order chi connectivity index (χ1) is 10.6. The lowest BCUT2D eigenvalue weighted by molar-refractivity contribution is -0.510. The number of carbonyl (C=O) groups is 1. The van der Waals surface area contributed by atoms with Gasteiger partial charge in [0, 0.05) is 25.7 Å². The van der Waals surface area contributed by atoms with Gasteiger partial charge in [0.05, 0.1) is 7.05 Å². The maximum atomic E-state index is 11.6. The van der Waals surface area contributed by atoms with Crippen molar-refractivity contribution >= 4 is 11.7 Å². The second-order valence-corrected chi connectivity index (χ2v) is 5.33. The normalized spacial score (nSPS) is 10.7. The van der Waals surface area contributed by atoms with Crippen LogP contribution in [0.2, 0.25) is 0 Å². The van der Waals surface area contributed by atoms with Crippen LogP contribution in [0.3, 0.4) is 0 Å². The number of ether oxygens (including phenoxy) is 1. The number of aromatic nitrogens is 2. The molecular formula is C17H18N3O2+. The highest BCUT2D eigenvalue weighted by Gasteiger charge is 2.17. The van der Waals surface area contributed by atoms with E-state index in [2.05, 4.69) is 16.7 Å². The molecule has 1 aromatic carbocycles. The molecule has 1 amide bonds. The quantitative estimate of drug-likeness (QED) is 0.682. The maximum absolute atomic E-state index is 11.6. The predicted octanol–water partition coefficient (Wildman–Crippen LogP) is 2.49. The Morgan fingerprint density at radius 2 is 1.82 bits per heavy atom. The summed E-state index contributed by atoms with van der Waals surface area (Å²) in [6.07, 6.45) is 3.44. The van der Waals surface area contributed by atoms with Crippen LogP contribution in [0.15, 0.2) is 54.9 Å². The molecular weight excluding hydrogens is 278 g/mol. The molecule has 0 saturated heterocycles. The van der Waals surface area contributed by atoms with Gasteiger partial charge in [-0.3, -0.25) is 0 Å². The smallest absolute Gasteiger partial charge is 0.406 e. The van der Waals surface area contributed by atoms with Crippen molar-refractivity contribution < 1.29 is 13.9 Å². The van der Waals surface area contributed by atoms with Crippen molar-refractivity contribution in [3.8, 4) is 17.0 Å². The van der Waals surface area contributed by atoms with Crippen molar-refractivity contribution in [1.82, 2.24) is 9.47 Å². The fourth-order valence-corrected chi connectivity index (χ4v) is 2.35. The summed E-state index contributed by atoms with van der Waals surface area (Å²) in [5.41, 5.74) is 3.25. The molecule has 0 fully saturated rings. The topological polar surface area (TPSA) is 38.6 Å². The number of hydrogen-bond acceptors (Lipinski definition) is 2. The van der Waals surface area contributed by atoms with E-state index in [9.17, 15) is 4.79 Å². The van der Waals surface area contributed by atoms with E-state index in [4.69, 9.17) is 4.74 Å². The molecule has 0 bridgehead atoms. The van der Waals surface area contributed by atoms with Crippen LogP contribution in [-0.4, -0.2) is 29.7 Å². The Labute approximate surface area is 129 Å². The molecule has 2 heterocycles. The largest absolute Gasteiger partial charge is 0.414 e. The summed E-state index contributed by atoms with van der Waals surface area (Å²) in [6, 6.07) is 13.9. The lowest BCUT2D eigenvalue weighted by Crippen LogP contribution is -2.27. The number of nitrogens with zero attached hydrogens (tertiary/aromatic N) is 3. The Morgan fingerprint density at radius 1 is 1.09 bits per heavy atom. The Balaban J connectivity index is 2.02. The molecule has 2 aromatic heterocycles. The van der Waals surface area contributed by atoms with Crippen LogP contribution < -0.4 is 9.14 Å². The molecule has 0 atom stereocenters. The average molecular weight is 296 g/mol. The fraction of sp³-hybridized carbons (Fsp3) is 0.176.